The van der Waals surface area contributed by atoms with Gasteiger partial charge in [0.2, 0.25) is 0 Å². The van der Waals surface area contributed by atoms with Crippen LogP contribution in [0.1, 0.15) is 18.1 Å². The maximum atomic E-state index is 12.0. The van der Waals surface area contributed by atoms with Crippen LogP contribution >= 0.6 is 0 Å². The number of amides is 2. The van der Waals surface area contributed by atoms with E-state index in [4.69, 9.17) is 0 Å². The Hall–Kier alpha value is -2.69. The van der Waals surface area contributed by atoms with Gasteiger partial charge in [-0.3, -0.25) is 4.98 Å². The number of pyridine rings is 1. The molecule has 1 aliphatic rings. The maximum Gasteiger partial charge on any atom is 0.342 e. The summed E-state index contributed by atoms with van der Waals surface area (Å²) in [5.41, 5.74) is 3.50. The van der Waals surface area contributed by atoms with Gasteiger partial charge in [-0.15, -0.1) is 0 Å². The number of nitrogens with zero attached hydrogens (tertiary/aromatic N) is 3. The molecule has 100 valence electrons. The van der Waals surface area contributed by atoms with Crippen LogP contribution in [0.5, 0.6) is 0 Å². The summed E-state index contributed by atoms with van der Waals surface area (Å²) in [7, 11) is 0. The second kappa shape index (κ2) is 5.13. The second-order valence-corrected chi connectivity index (χ2v) is 4.53. The van der Waals surface area contributed by atoms with Crippen molar-refractivity contribution >= 4 is 17.4 Å². The number of hydrogen-bond acceptors (Lipinski definition) is 3. The number of urea groups is 1. The van der Waals surface area contributed by atoms with Crippen LogP contribution in [-0.2, 0) is 6.54 Å². The van der Waals surface area contributed by atoms with Gasteiger partial charge in [-0.2, -0.15) is 10.1 Å². The van der Waals surface area contributed by atoms with Crippen LogP contribution in [0.4, 0.5) is 10.5 Å². The topological polar surface area (TPSA) is 57.6 Å². The van der Waals surface area contributed by atoms with E-state index in [-0.39, 0.29) is 6.03 Å². The van der Waals surface area contributed by atoms with Crippen molar-refractivity contribution in [2.24, 2.45) is 5.10 Å². The van der Waals surface area contributed by atoms with Crippen LogP contribution in [-0.4, -0.2) is 16.7 Å². The molecule has 1 aromatic carbocycles. The predicted molar refractivity (Wildman–Crippen MR) is 77.6 cm³/mol. The summed E-state index contributed by atoms with van der Waals surface area (Å²) in [5.74, 6) is 0. The molecule has 5 nitrogen and oxygen atoms in total. The molecule has 2 amide bonds. The molecule has 2 heterocycles. The van der Waals surface area contributed by atoms with E-state index in [1.54, 1.807) is 12.4 Å². The first-order chi connectivity index (χ1) is 9.75. The Labute approximate surface area is 116 Å². The van der Waals surface area contributed by atoms with Crippen molar-refractivity contribution in [2.75, 3.05) is 5.01 Å². The average molecular weight is 266 g/mol. The highest BCUT2D eigenvalue weighted by atomic mass is 16.2. The summed E-state index contributed by atoms with van der Waals surface area (Å²) < 4.78 is 0. The van der Waals surface area contributed by atoms with Gasteiger partial charge in [-0.05, 0) is 24.6 Å². The average Bonchev–Trinajstić information content (AvgIpc) is 2.51. The summed E-state index contributed by atoms with van der Waals surface area (Å²) in [4.78, 5) is 16.1. The van der Waals surface area contributed by atoms with Crippen LogP contribution in [0.25, 0.3) is 0 Å². The lowest BCUT2D eigenvalue weighted by atomic mass is 10.1. The number of carbonyl (C=O) groups is 1. The van der Waals surface area contributed by atoms with E-state index in [0.29, 0.717) is 6.54 Å². The van der Waals surface area contributed by atoms with Crippen molar-refractivity contribution in [1.82, 2.24) is 10.3 Å². The molecule has 0 aliphatic carbocycles. The first-order valence-corrected chi connectivity index (χ1v) is 6.37. The van der Waals surface area contributed by atoms with E-state index in [9.17, 15) is 4.79 Å². The van der Waals surface area contributed by atoms with Gasteiger partial charge in [0, 0.05) is 24.5 Å². The van der Waals surface area contributed by atoms with Gasteiger partial charge in [0.25, 0.3) is 0 Å². The molecule has 0 saturated heterocycles. The second-order valence-electron chi connectivity index (χ2n) is 4.53. The summed E-state index contributed by atoms with van der Waals surface area (Å²) in [6, 6.07) is 11.3. The van der Waals surface area contributed by atoms with Gasteiger partial charge in [-0.25, -0.2) is 4.79 Å². The highest BCUT2D eigenvalue weighted by Gasteiger charge is 2.23. The number of hydrazone groups is 1. The SMILES string of the molecule is C/C(=N\N1C(=O)NCc2ccccc21)c1cccnc1. The number of nitrogens with one attached hydrogen (secondary N) is 1. The molecular formula is C15H14N4O. The standard InChI is InChI=1S/C15H14N4O/c1-11(12-6-4-8-16-9-12)18-19-14-7-3-2-5-13(14)10-17-15(19)20/h2-9H,10H2,1H3,(H,17,20)/b18-11+. The van der Waals surface area contributed by atoms with Crippen LogP contribution < -0.4 is 10.3 Å². The molecule has 20 heavy (non-hydrogen) atoms. The third kappa shape index (κ3) is 2.25. The Bertz CT molecular complexity index is 667. The van der Waals surface area contributed by atoms with Gasteiger partial charge < -0.3 is 5.32 Å². The number of anilines is 1. The minimum Gasteiger partial charge on any atom is -0.332 e. The third-order valence-corrected chi connectivity index (χ3v) is 3.17. The van der Waals surface area contributed by atoms with E-state index in [2.05, 4.69) is 15.4 Å². The molecular weight excluding hydrogens is 252 g/mol. The van der Waals surface area contributed by atoms with Gasteiger partial charge in [0.15, 0.2) is 0 Å². The number of aromatic nitrogens is 1. The summed E-state index contributed by atoms with van der Waals surface area (Å²) in [6.07, 6.45) is 3.44. The molecule has 0 radical (unpaired) electrons. The first kappa shape index (κ1) is 12.3. The van der Waals surface area contributed by atoms with Crippen LogP contribution in [0.3, 0.4) is 0 Å². The van der Waals surface area contributed by atoms with Gasteiger partial charge in [0.1, 0.15) is 0 Å². The molecule has 2 aromatic rings. The van der Waals surface area contributed by atoms with E-state index in [1.165, 1.54) is 5.01 Å². The van der Waals surface area contributed by atoms with Gasteiger partial charge in [0.05, 0.1) is 11.4 Å². The Morgan fingerprint density at radius 3 is 2.95 bits per heavy atom. The predicted octanol–water partition coefficient (Wildman–Crippen LogP) is 2.54. The normalized spacial score (nSPS) is 14.8. The number of hydrogen-bond donors (Lipinski definition) is 1. The monoisotopic (exact) mass is 266 g/mol. The number of carbonyl (C=O) groups excluding carboxylic acids is 1. The molecule has 0 unspecified atom stereocenters. The zero-order valence-corrected chi connectivity index (χ0v) is 11.1. The molecule has 0 spiro atoms. The van der Waals surface area contributed by atoms with Crippen molar-refractivity contribution in [1.29, 1.82) is 0 Å². The number of benzene rings is 1. The zero-order chi connectivity index (χ0) is 13.9. The molecule has 0 atom stereocenters. The van der Waals surface area contributed by atoms with Gasteiger partial charge in [-0.1, -0.05) is 24.3 Å². The fourth-order valence-electron chi connectivity index (χ4n) is 2.11. The fourth-order valence-corrected chi connectivity index (χ4v) is 2.11. The molecule has 3 rings (SSSR count). The lowest BCUT2D eigenvalue weighted by Crippen LogP contribution is -2.41. The van der Waals surface area contributed by atoms with E-state index in [0.717, 1.165) is 22.5 Å². The lowest BCUT2D eigenvalue weighted by Gasteiger charge is -2.26. The molecule has 5 heteroatoms. The molecule has 0 bridgehead atoms. The van der Waals surface area contributed by atoms with Crippen molar-refractivity contribution in [3.05, 3.63) is 59.9 Å². The molecule has 1 N–H and O–H groups in total. The quantitative estimate of drug-likeness (QED) is 0.849. The molecule has 0 saturated carbocycles. The Kier molecular flexibility index (Phi) is 3.16. The number of rotatable bonds is 2. The summed E-state index contributed by atoms with van der Waals surface area (Å²) in [6.45, 7) is 2.40. The van der Waals surface area contributed by atoms with E-state index >= 15 is 0 Å². The highest BCUT2D eigenvalue weighted by Crippen LogP contribution is 2.24. The Balaban J connectivity index is 2.00. The summed E-state index contributed by atoms with van der Waals surface area (Å²) in [5, 5.41) is 8.64. The van der Waals surface area contributed by atoms with Crippen LogP contribution in [0.2, 0.25) is 0 Å². The first-order valence-electron chi connectivity index (χ1n) is 6.37. The summed E-state index contributed by atoms with van der Waals surface area (Å²) >= 11 is 0. The zero-order valence-electron chi connectivity index (χ0n) is 11.1. The minimum absolute atomic E-state index is 0.216. The lowest BCUT2D eigenvalue weighted by molar-refractivity contribution is 0.245. The molecule has 1 aromatic heterocycles. The number of fused-ring (bicyclic) bond motifs is 1. The molecule has 1 aliphatic heterocycles. The third-order valence-electron chi connectivity index (χ3n) is 3.17. The van der Waals surface area contributed by atoms with Crippen LogP contribution in [0, 0.1) is 0 Å². The van der Waals surface area contributed by atoms with Crippen molar-refractivity contribution in [2.45, 2.75) is 13.5 Å². The Morgan fingerprint density at radius 2 is 2.15 bits per heavy atom. The number of para-hydroxylation sites is 1. The van der Waals surface area contributed by atoms with Crippen molar-refractivity contribution < 1.29 is 4.79 Å². The van der Waals surface area contributed by atoms with Crippen molar-refractivity contribution in [3.63, 3.8) is 0 Å². The largest absolute Gasteiger partial charge is 0.342 e. The minimum atomic E-state index is -0.216. The Morgan fingerprint density at radius 1 is 1.30 bits per heavy atom. The van der Waals surface area contributed by atoms with Crippen LogP contribution in [0.15, 0.2) is 53.9 Å². The van der Waals surface area contributed by atoms with Gasteiger partial charge >= 0.3 is 6.03 Å². The molecule has 0 fully saturated rings. The smallest absolute Gasteiger partial charge is 0.332 e. The maximum absolute atomic E-state index is 12.0. The fraction of sp³-hybridized carbons (Fsp3) is 0.133. The van der Waals surface area contributed by atoms with Crippen molar-refractivity contribution in [3.8, 4) is 0 Å². The van der Waals surface area contributed by atoms with E-state index < -0.39 is 0 Å². The van der Waals surface area contributed by atoms with E-state index in [1.807, 2.05) is 43.3 Å². The highest BCUT2D eigenvalue weighted by molar-refractivity contribution is 6.02.